The highest BCUT2D eigenvalue weighted by Gasteiger charge is 2.60. The molecule has 17 heavy (non-hydrogen) atoms. The topological polar surface area (TPSA) is 17.1 Å². The van der Waals surface area contributed by atoms with E-state index in [0.29, 0.717) is 22.0 Å². The largest absolute Gasteiger partial charge is 0.300 e. The molecule has 4 bridgehead atoms. The van der Waals surface area contributed by atoms with Crippen molar-refractivity contribution in [3.63, 3.8) is 0 Å². The van der Waals surface area contributed by atoms with Crippen molar-refractivity contribution in [3.8, 4) is 0 Å². The van der Waals surface area contributed by atoms with Crippen LogP contribution in [0.25, 0.3) is 0 Å². The van der Waals surface area contributed by atoms with Crippen molar-refractivity contribution < 1.29 is 4.79 Å². The van der Waals surface area contributed by atoms with Gasteiger partial charge in [-0.1, -0.05) is 20.8 Å². The van der Waals surface area contributed by atoms with Crippen LogP contribution in [0.1, 0.15) is 72.1 Å². The molecule has 96 valence electrons. The van der Waals surface area contributed by atoms with Gasteiger partial charge in [0.25, 0.3) is 0 Å². The van der Waals surface area contributed by atoms with Gasteiger partial charge in [-0.25, -0.2) is 0 Å². The molecule has 2 atom stereocenters. The lowest BCUT2D eigenvalue weighted by Gasteiger charge is -2.65. The third-order valence-electron chi connectivity index (χ3n) is 5.71. The van der Waals surface area contributed by atoms with Crippen molar-refractivity contribution in [2.75, 3.05) is 0 Å². The summed E-state index contributed by atoms with van der Waals surface area (Å²) in [7, 11) is 0. The monoisotopic (exact) mass is 234 g/mol. The van der Waals surface area contributed by atoms with Crippen LogP contribution in [-0.4, -0.2) is 5.78 Å². The Labute approximate surface area is 105 Å². The van der Waals surface area contributed by atoms with E-state index in [-0.39, 0.29) is 0 Å². The summed E-state index contributed by atoms with van der Waals surface area (Å²) in [5, 5.41) is 0. The van der Waals surface area contributed by atoms with E-state index in [1.165, 1.54) is 38.5 Å². The van der Waals surface area contributed by atoms with Crippen molar-refractivity contribution >= 4 is 5.78 Å². The van der Waals surface area contributed by atoms with E-state index in [9.17, 15) is 4.79 Å². The average Bonchev–Trinajstić information content (AvgIpc) is 2.10. The SMILES string of the molecule is CCC(=O)CC12CC3CC(C)(CC(C)(C3)C1)C2. The Morgan fingerprint density at radius 1 is 1.06 bits per heavy atom. The van der Waals surface area contributed by atoms with Gasteiger partial charge in [-0.15, -0.1) is 0 Å². The predicted octanol–water partition coefficient (Wildman–Crippen LogP) is 4.35. The summed E-state index contributed by atoms with van der Waals surface area (Å²) in [4.78, 5) is 11.9. The summed E-state index contributed by atoms with van der Waals surface area (Å²) in [5.74, 6) is 1.42. The molecule has 4 fully saturated rings. The summed E-state index contributed by atoms with van der Waals surface area (Å²) >= 11 is 0. The minimum atomic E-state index is 0.399. The van der Waals surface area contributed by atoms with Crippen LogP contribution in [0.3, 0.4) is 0 Å². The molecule has 0 amide bonds. The Morgan fingerprint density at radius 3 is 2.12 bits per heavy atom. The van der Waals surface area contributed by atoms with Crippen LogP contribution >= 0.6 is 0 Å². The highest BCUT2D eigenvalue weighted by Crippen LogP contribution is 2.70. The van der Waals surface area contributed by atoms with E-state index < -0.39 is 0 Å². The van der Waals surface area contributed by atoms with Crippen LogP contribution in [0.4, 0.5) is 0 Å². The molecule has 2 unspecified atom stereocenters. The quantitative estimate of drug-likeness (QED) is 0.709. The number of rotatable bonds is 3. The number of hydrogen-bond donors (Lipinski definition) is 0. The fraction of sp³-hybridized carbons (Fsp3) is 0.938. The molecule has 0 aliphatic heterocycles. The molecule has 4 aliphatic rings. The zero-order chi connectivity index (χ0) is 12.3. The highest BCUT2D eigenvalue weighted by molar-refractivity contribution is 5.78. The lowest BCUT2D eigenvalue weighted by atomic mass is 9.39. The number of ketones is 1. The van der Waals surface area contributed by atoms with Gasteiger partial charge in [0.15, 0.2) is 0 Å². The van der Waals surface area contributed by atoms with Gasteiger partial charge in [-0.3, -0.25) is 4.79 Å². The van der Waals surface area contributed by atoms with Crippen LogP contribution in [0.15, 0.2) is 0 Å². The van der Waals surface area contributed by atoms with E-state index in [1.54, 1.807) is 0 Å². The second-order valence-electron chi connectivity index (χ2n) is 8.20. The average molecular weight is 234 g/mol. The Morgan fingerprint density at radius 2 is 1.65 bits per heavy atom. The summed E-state index contributed by atoms with van der Waals surface area (Å²) in [6.07, 6.45) is 9.92. The second-order valence-corrected chi connectivity index (χ2v) is 8.20. The minimum Gasteiger partial charge on any atom is -0.300 e. The van der Waals surface area contributed by atoms with Crippen molar-refractivity contribution in [2.45, 2.75) is 72.1 Å². The number of carbonyl (C=O) groups is 1. The summed E-state index contributed by atoms with van der Waals surface area (Å²) in [5.41, 5.74) is 1.51. The maximum atomic E-state index is 11.9. The maximum Gasteiger partial charge on any atom is 0.133 e. The predicted molar refractivity (Wildman–Crippen MR) is 69.8 cm³/mol. The van der Waals surface area contributed by atoms with Crippen LogP contribution in [0.5, 0.6) is 0 Å². The smallest absolute Gasteiger partial charge is 0.133 e. The summed E-state index contributed by atoms with van der Waals surface area (Å²) in [6.45, 7) is 6.99. The maximum absolute atomic E-state index is 11.9. The molecular formula is C16H26O. The van der Waals surface area contributed by atoms with Crippen molar-refractivity contribution in [1.82, 2.24) is 0 Å². The second kappa shape index (κ2) is 3.36. The molecule has 1 heteroatoms. The van der Waals surface area contributed by atoms with Gasteiger partial charge in [-0.2, -0.15) is 0 Å². The standard InChI is InChI=1S/C16H26O/c1-4-13(17)8-16-7-12-5-14(2,10-16)9-15(3,6-12)11-16/h12H,4-11H2,1-3H3. The first kappa shape index (κ1) is 11.7. The zero-order valence-electron chi connectivity index (χ0n) is 11.6. The van der Waals surface area contributed by atoms with Gasteiger partial charge in [0.1, 0.15) is 5.78 Å². The molecule has 0 aromatic heterocycles. The summed E-state index contributed by atoms with van der Waals surface area (Å²) < 4.78 is 0. The minimum absolute atomic E-state index is 0.399. The van der Waals surface area contributed by atoms with Gasteiger partial charge in [-0.05, 0) is 60.7 Å². The molecule has 0 aromatic carbocycles. The number of Topliss-reactive ketones (excluding diaryl/α,β-unsaturated/α-hetero) is 1. The summed E-state index contributed by atoms with van der Waals surface area (Å²) in [6, 6.07) is 0. The van der Waals surface area contributed by atoms with Crippen LogP contribution in [0, 0.1) is 22.2 Å². The molecule has 0 saturated heterocycles. The van der Waals surface area contributed by atoms with E-state index in [0.717, 1.165) is 18.8 Å². The Bertz CT molecular complexity index is 339. The zero-order valence-corrected chi connectivity index (χ0v) is 11.6. The number of hydrogen-bond acceptors (Lipinski definition) is 1. The molecule has 0 spiro atoms. The van der Waals surface area contributed by atoms with Crippen molar-refractivity contribution in [3.05, 3.63) is 0 Å². The lowest BCUT2D eigenvalue weighted by Crippen LogP contribution is -2.55. The number of carbonyl (C=O) groups excluding carboxylic acids is 1. The third-order valence-corrected chi connectivity index (χ3v) is 5.71. The first-order valence-electron chi connectivity index (χ1n) is 7.38. The van der Waals surface area contributed by atoms with Crippen molar-refractivity contribution in [1.29, 1.82) is 0 Å². The van der Waals surface area contributed by atoms with E-state index in [4.69, 9.17) is 0 Å². The van der Waals surface area contributed by atoms with Crippen molar-refractivity contribution in [2.24, 2.45) is 22.2 Å². The fourth-order valence-electron chi connectivity index (χ4n) is 6.42. The van der Waals surface area contributed by atoms with Crippen LogP contribution < -0.4 is 0 Å². The molecule has 0 N–H and O–H groups in total. The third kappa shape index (κ3) is 1.86. The van der Waals surface area contributed by atoms with E-state index in [2.05, 4.69) is 13.8 Å². The van der Waals surface area contributed by atoms with E-state index in [1.807, 2.05) is 6.92 Å². The van der Waals surface area contributed by atoms with Crippen LogP contribution in [-0.2, 0) is 4.79 Å². The Hall–Kier alpha value is -0.330. The molecular weight excluding hydrogens is 208 g/mol. The van der Waals surface area contributed by atoms with Gasteiger partial charge in [0.05, 0.1) is 0 Å². The Balaban J connectivity index is 1.89. The first-order chi connectivity index (χ1) is 7.86. The molecule has 0 radical (unpaired) electrons. The highest BCUT2D eigenvalue weighted by atomic mass is 16.1. The van der Waals surface area contributed by atoms with Gasteiger partial charge < -0.3 is 0 Å². The molecule has 4 saturated carbocycles. The molecule has 0 aromatic rings. The molecule has 0 heterocycles. The normalized spacial score (nSPS) is 51.8. The van der Waals surface area contributed by atoms with Gasteiger partial charge in [0.2, 0.25) is 0 Å². The van der Waals surface area contributed by atoms with Gasteiger partial charge in [0, 0.05) is 12.8 Å². The van der Waals surface area contributed by atoms with E-state index >= 15 is 0 Å². The first-order valence-corrected chi connectivity index (χ1v) is 7.38. The molecule has 4 rings (SSSR count). The lowest BCUT2D eigenvalue weighted by molar-refractivity contribution is -0.154. The molecule has 1 nitrogen and oxygen atoms in total. The fourth-order valence-corrected chi connectivity index (χ4v) is 6.42. The van der Waals surface area contributed by atoms with Crippen LogP contribution in [0.2, 0.25) is 0 Å². The van der Waals surface area contributed by atoms with Gasteiger partial charge >= 0.3 is 0 Å². The Kier molecular flexibility index (Phi) is 2.32. The molecule has 4 aliphatic carbocycles.